The third-order valence-electron chi connectivity index (χ3n) is 4.33. The van der Waals surface area contributed by atoms with Crippen molar-refractivity contribution in [3.05, 3.63) is 34.3 Å². The Kier molecular flexibility index (Phi) is 4.93. The minimum Gasteiger partial charge on any atom is -0.368 e. The highest BCUT2D eigenvalue weighted by Crippen LogP contribution is 2.15. The highest BCUT2D eigenvalue weighted by Gasteiger charge is 2.31. The van der Waals surface area contributed by atoms with E-state index >= 15 is 0 Å². The van der Waals surface area contributed by atoms with Crippen LogP contribution in [-0.2, 0) is 16.1 Å². The number of rotatable bonds is 3. The van der Waals surface area contributed by atoms with Crippen molar-refractivity contribution in [2.24, 2.45) is 0 Å². The van der Waals surface area contributed by atoms with Crippen LogP contribution in [0.3, 0.4) is 0 Å². The van der Waals surface area contributed by atoms with Crippen LogP contribution in [-0.4, -0.2) is 49.7 Å². The smallest absolute Gasteiger partial charge is 0.252 e. The molecule has 1 amide bonds. The zero-order valence-electron chi connectivity index (χ0n) is 12.2. The van der Waals surface area contributed by atoms with Gasteiger partial charge in [0.05, 0.1) is 26.2 Å². The van der Waals surface area contributed by atoms with Gasteiger partial charge in [-0.05, 0) is 25.0 Å². The van der Waals surface area contributed by atoms with Crippen molar-refractivity contribution in [3.8, 4) is 0 Å². The number of nitrogens with zero attached hydrogens (tertiary/aromatic N) is 1. The average Bonchev–Trinajstić information content (AvgIpc) is 3.01. The summed E-state index contributed by atoms with van der Waals surface area (Å²) in [5, 5.41) is 0. The van der Waals surface area contributed by atoms with Crippen LogP contribution in [0.15, 0.2) is 28.7 Å². The fourth-order valence-electron chi connectivity index (χ4n) is 3.13. The molecule has 0 radical (unpaired) electrons. The van der Waals surface area contributed by atoms with E-state index < -0.39 is 0 Å². The number of amides is 1. The highest BCUT2D eigenvalue weighted by molar-refractivity contribution is 9.10. The lowest BCUT2D eigenvalue weighted by Gasteiger charge is -2.33. The van der Waals surface area contributed by atoms with Gasteiger partial charge in [0, 0.05) is 16.6 Å². The van der Waals surface area contributed by atoms with Crippen LogP contribution in [0.5, 0.6) is 0 Å². The van der Waals surface area contributed by atoms with Gasteiger partial charge in [0.1, 0.15) is 12.6 Å². The number of hydrogen-bond donors (Lipinski definition) is 1. The van der Waals surface area contributed by atoms with Gasteiger partial charge >= 0.3 is 0 Å². The number of ether oxygens (including phenoxy) is 1. The molecular weight excluding hydrogens is 332 g/mol. The van der Waals surface area contributed by atoms with E-state index in [1.54, 1.807) is 4.90 Å². The predicted molar refractivity (Wildman–Crippen MR) is 84.1 cm³/mol. The van der Waals surface area contributed by atoms with E-state index in [0.717, 1.165) is 56.6 Å². The van der Waals surface area contributed by atoms with Gasteiger partial charge in [0.2, 0.25) is 0 Å². The van der Waals surface area contributed by atoms with Crippen molar-refractivity contribution in [2.75, 3.05) is 32.8 Å². The molecule has 3 rings (SSSR count). The van der Waals surface area contributed by atoms with Crippen LogP contribution < -0.4 is 4.90 Å². The molecule has 2 saturated heterocycles. The lowest BCUT2D eigenvalue weighted by Crippen LogP contribution is -3.13. The first-order chi connectivity index (χ1) is 10.2. The molecule has 114 valence electrons. The number of piperazine rings is 1. The minimum atomic E-state index is -0.170. The van der Waals surface area contributed by atoms with Crippen LogP contribution in [0.25, 0.3) is 0 Å². The Bertz CT molecular complexity index is 495. The molecule has 1 aromatic rings. The first kappa shape index (κ1) is 15.0. The van der Waals surface area contributed by atoms with Crippen LogP contribution in [0.2, 0.25) is 0 Å². The van der Waals surface area contributed by atoms with E-state index in [2.05, 4.69) is 40.2 Å². The molecule has 4 nitrogen and oxygen atoms in total. The maximum absolute atomic E-state index is 12.3. The lowest BCUT2D eigenvalue weighted by atomic mass is 10.1. The Morgan fingerprint density at radius 2 is 2.19 bits per heavy atom. The molecule has 2 aliphatic heterocycles. The van der Waals surface area contributed by atoms with Crippen LogP contribution in [0, 0.1) is 0 Å². The fraction of sp³-hybridized carbons (Fsp3) is 0.562. The topological polar surface area (TPSA) is 34.0 Å². The standard InChI is InChI=1S/C16H21BrN2O2/c17-14-4-1-3-13(11-14)12-18-6-8-19(9-7-18)16(20)15-5-2-10-21-15/h1,3-4,11,15H,2,5-10,12H2/p+1/t15-/m1/s1. The first-order valence-corrected chi connectivity index (χ1v) is 8.50. The second-order valence-corrected chi connectivity index (χ2v) is 6.80. The van der Waals surface area contributed by atoms with Gasteiger partial charge in [-0.2, -0.15) is 0 Å². The van der Waals surface area contributed by atoms with Crippen molar-refractivity contribution >= 4 is 21.8 Å². The fourth-order valence-corrected chi connectivity index (χ4v) is 3.58. The third-order valence-corrected chi connectivity index (χ3v) is 4.82. The Balaban J connectivity index is 1.49. The van der Waals surface area contributed by atoms with Gasteiger partial charge < -0.3 is 14.5 Å². The van der Waals surface area contributed by atoms with E-state index in [0.29, 0.717) is 0 Å². The van der Waals surface area contributed by atoms with Gasteiger partial charge in [0.15, 0.2) is 0 Å². The molecule has 1 atom stereocenters. The van der Waals surface area contributed by atoms with E-state index in [1.807, 2.05) is 4.90 Å². The number of halogens is 1. The summed E-state index contributed by atoms with van der Waals surface area (Å²) in [7, 11) is 0. The lowest BCUT2D eigenvalue weighted by molar-refractivity contribution is -0.917. The number of nitrogens with one attached hydrogen (secondary N) is 1. The molecule has 1 aromatic carbocycles. The van der Waals surface area contributed by atoms with Gasteiger partial charge in [0.25, 0.3) is 5.91 Å². The maximum Gasteiger partial charge on any atom is 0.252 e. The van der Waals surface area contributed by atoms with Gasteiger partial charge in [-0.3, -0.25) is 4.79 Å². The zero-order chi connectivity index (χ0) is 14.7. The minimum absolute atomic E-state index is 0.170. The monoisotopic (exact) mass is 353 g/mol. The van der Waals surface area contributed by atoms with E-state index in [-0.39, 0.29) is 12.0 Å². The average molecular weight is 354 g/mol. The number of hydrogen-bond acceptors (Lipinski definition) is 2. The van der Waals surface area contributed by atoms with Crippen LogP contribution in [0.1, 0.15) is 18.4 Å². The Hall–Kier alpha value is -0.910. The van der Waals surface area contributed by atoms with Crippen molar-refractivity contribution in [1.82, 2.24) is 4.90 Å². The van der Waals surface area contributed by atoms with Crippen molar-refractivity contribution in [3.63, 3.8) is 0 Å². The second-order valence-electron chi connectivity index (χ2n) is 5.88. The van der Waals surface area contributed by atoms with Crippen molar-refractivity contribution in [2.45, 2.75) is 25.5 Å². The molecule has 0 spiro atoms. The Morgan fingerprint density at radius 3 is 2.86 bits per heavy atom. The first-order valence-electron chi connectivity index (χ1n) is 7.71. The molecule has 0 unspecified atom stereocenters. The molecular formula is C16H22BrN2O2+. The summed E-state index contributed by atoms with van der Waals surface area (Å²) in [6.07, 6.45) is 1.74. The van der Waals surface area contributed by atoms with E-state index in [9.17, 15) is 4.79 Å². The molecule has 2 heterocycles. The van der Waals surface area contributed by atoms with Gasteiger partial charge in [-0.15, -0.1) is 0 Å². The summed E-state index contributed by atoms with van der Waals surface area (Å²) in [4.78, 5) is 15.8. The zero-order valence-corrected chi connectivity index (χ0v) is 13.8. The molecule has 2 aliphatic rings. The summed E-state index contributed by atoms with van der Waals surface area (Å²) in [5.74, 6) is 0.203. The summed E-state index contributed by atoms with van der Waals surface area (Å²) < 4.78 is 6.63. The van der Waals surface area contributed by atoms with Gasteiger partial charge in [-0.1, -0.05) is 28.1 Å². The second kappa shape index (κ2) is 6.90. The maximum atomic E-state index is 12.3. The largest absolute Gasteiger partial charge is 0.368 e. The van der Waals surface area contributed by atoms with E-state index in [1.165, 1.54) is 5.56 Å². The third kappa shape index (κ3) is 3.84. The summed E-state index contributed by atoms with van der Waals surface area (Å²) in [6, 6.07) is 8.48. The number of carbonyl (C=O) groups is 1. The number of benzene rings is 1. The van der Waals surface area contributed by atoms with Crippen molar-refractivity contribution < 1.29 is 14.4 Å². The Morgan fingerprint density at radius 1 is 1.38 bits per heavy atom. The van der Waals surface area contributed by atoms with Crippen molar-refractivity contribution in [1.29, 1.82) is 0 Å². The van der Waals surface area contributed by atoms with E-state index in [4.69, 9.17) is 4.74 Å². The normalized spacial score (nSPS) is 23.5. The van der Waals surface area contributed by atoms with Crippen LogP contribution >= 0.6 is 15.9 Å². The molecule has 0 aromatic heterocycles. The predicted octanol–water partition coefficient (Wildman–Crippen LogP) is 0.855. The Labute approximate surface area is 134 Å². The number of carbonyl (C=O) groups excluding carboxylic acids is 1. The van der Waals surface area contributed by atoms with Gasteiger partial charge in [-0.25, -0.2) is 0 Å². The molecule has 0 bridgehead atoms. The summed E-state index contributed by atoms with van der Waals surface area (Å²) >= 11 is 3.52. The molecule has 5 heteroatoms. The SMILES string of the molecule is O=C([C@H]1CCCO1)N1CC[NH+](Cc2cccc(Br)c2)CC1. The summed E-state index contributed by atoms with van der Waals surface area (Å²) in [5.41, 5.74) is 1.35. The molecule has 0 saturated carbocycles. The molecule has 1 N–H and O–H groups in total. The molecule has 0 aliphatic carbocycles. The highest BCUT2D eigenvalue weighted by atomic mass is 79.9. The number of quaternary nitrogens is 1. The quantitative estimate of drug-likeness (QED) is 0.874. The molecule has 2 fully saturated rings. The van der Waals surface area contributed by atoms with Crippen LogP contribution in [0.4, 0.5) is 0 Å². The molecule has 21 heavy (non-hydrogen) atoms. The summed E-state index contributed by atoms with van der Waals surface area (Å²) in [6.45, 7) is 5.51.